The van der Waals surface area contributed by atoms with E-state index in [-0.39, 0.29) is 0 Å². The molecular formula is C34H28N2S4. The van der Waals surface area contributed by atoms with E-state index in [0.717, 1.165) is 35.4 Å². The van der Waals surface area contributed by atoms with Crippen LogP contribution in [0.4, 0.5) is 0 Å². The zero-order chi connectivity index (χ0) is 27.3. The number of nitrogens with zero attached hydrogens (tertiary/aromatic N) is 2. The molecular weight excluding hydrogens is 565 g/mol. The van der Waals surface area contributed by atoms with E-state index in [9.17, 15) is 0 Å². The van der Waals surface area contributed by atoms with Gasteiger partial charge in [-0.2, -0.15) is 8.75 Å². The molecule has 0 saturated heterocycles. The highest BCUT2D eigenvalue weighted by molar-refractivity contribution is 8.76. The van der Waals surface area contributed by atoms with Crippen LogP contribution >= 0.6 is 44.7 Å². The second-order valence-electron chi connectivity index (χ2n) is 9.38. The van der Waals surface area contributed by atoms with Crippen LogP contribution in [-0.2, 0) is 12.8 Å². The number of aromatic nitrogens is 2. The summed E-state index contributed by atoms with van der Waals surface area (Å²) >= 11 is 3.16. The lowest BCUT2D eigenvalue weighted by Gasteiger charge is -2.09. The van der Waals surface area contributed by atoms with Crippen molar-refractivity contribution in [2.45, 2.75) is 36.5 Å². The molecule has 198 valence electrons. The van der Waals surface area contributed by atoms with Gasteiger partial charge in [0.2, 0.25) is 0 Å². The van der Waals surface area contributed by atoms with Crippen LogP contribution in [0.25, 0.3) is 43.4 Å². The summed E-state index contributed by atoms with van der Waals surface area (Å²) in [4.78, 5) is 4.79. The van der Waals surface area contributed by atoms with Gasteiger partial charge in [0.1, 0.15) is 0 Å². The molecule has 0 aliphatic carbocycles. The monoisotopic (exact) mass is 592 g/mol. The zero-order valence-electron chi connectivity index (χ0n) is 22.3. The zero-order valence-corrected chi connectivity index (χ0v) is 25.6. The van der Waals surface area contributed by atoms with Crippen molar-refractivity contribution in [2.75, 3.05) is 0 Å². The van der Waals surface area contributed by atoms with Gasteiger partial charge in [-0.25, -0.2) is 0 Å². The fourth-order valence-corrected chi connectivity index (χ4v) is 9.53. The van der Waals surface area contributed by atoms with Gasteiger partial charge in [0, 0.05) is 11.1 Å². The maximum absolute atomic E-state index is 4.99. The Morgan fingerprint density at radius 1 is 0.475 bits per heavy atom. The average Bonchev–Trinajstić information content (AvgIpc) is 3.65. The quantitative estimate of drug-likeness (QED) is 0.156. The SMILES string of the molecule is CCc1ccc(-c2nsc(-c3ccccc3)c2SSc2c(-c3ccc(CC)cc3)nsc2-c2ccccc2)cc1. The van der Waals surface area contributed by atoms with Crippen LogP contribution in [-0.4, -0.2) is 8.75 Å². The predicted octanol–water partition coefficient (Wildman–Crippen LogP) is 11.2. The van der Waals surface area contributed by atoms with Crippen molar-refractivity contribution >= 4 is 44.7 Å². The van der Waals surface area contributed by atoms with E-state index >= 15 is 0 Å². The fourth-order valence-electron chi connectivity index (χ4n) is 4.51. The minimum Gasteiger partial charge on any atom is -0.191 e. The lowest BCUT2D eigenvalue weighted by molar-refractivity contribution is 1.14. The lowest BCUT2D eigenvalue weighted by atomic mass is 10.1. The molecule has 4 aromatic carbocycles. The minimum atomic E-state index is 1.03. The van der Waals surface area contributed by atoms with Crippen molar-refractivity contribution < 1.29 is 0 Å². The molecule has 0 atom stereocenters. The molecule has 0 N–H and O–H groups in total. The Hall–Kier alpha value is -3.16. The van der Waals surface area contributed by atoms with Gasteiger partial charge in [0.05, 0.1) is 30.9 Å². The van der Waals surface area contributed by atoms with Gasteiger partial charge >= 0.3 is 0 Å². The summed E-state index contributed by atoms with van der Waals surface area (Å²) in [7, 11) is 3.59. The van der Waals surface area contributed by atoms with Crippen molar-refractivity contribution in [1.82, 2.24) is 8.75 Å². The topological polar surface area (TPSA) is 25.8 Å². The molecule has 0 spiro atoms. The van der Waals surface area contributed by atoms with Gasteiger partial charge in [-0.05, 0) is 79.7 Å². The van der Waals surface area contributed by atoms with Crippen LogP contribution in [0.3, 0.4) is 0 Å². The van der Waals surface area contributed by atoms with Crippen molar-refractivity contribution in [3.8, 4) is 43.4 Å². The number of aryl methyl sites for hydroxylation is 2. The molecule has 0 amide bonds. The molecule has 6 heteroatoms. The summed E-state index contributed by atoms with van der Waals surface area (Å²) in [6.45, 7) is 4.38. The van der Waals surface area contributed by atoms with Crippen LogP contribution in [0.15, 0.2) is 119 Å². The number of hydrogen-bond donors (Lipinski definition) is 0. The van der Waals surface area contributed by atoms with Crippen LogP contribution in [0.5, 0.6) is 0 Å². The third-order valence-electron chi connectivity index (χ3n) is 6.85. The predicted molar refractivity (Wildman–Crippen MR) is 176 cm³/mol. The Labute approximate surface area is 252 Å². The van der Waals surface area contributed by atoms with Crippen LogP contribution < -0.4 is 0 Å². The van der Waals surface area contributed by atoms with Crippen LogP contribution in [0.2, 0.25) is 0 Å². The average molecular weight is 593 g/mol. The molecule has 2 nitrogen and oxygen atoms in total. The fraction of sp³-hybridized carbons (Fsp3) is 0.118. The van der Waals surface area contributed by atoms with E-state index in [1.807, 2.05) is 0 Å². The van der Waals surface area contributed by atoms with Crippen molar-refractivity contribution in [1.29, 1.82) is 0 Å². The highest BCUT2D eigenvalue weighted by Crippen LogP contribution is 2.53. The normalized spacial score (nSPS) is 11.2. The molecule has 6 rings (SSSR count). The lowest BCUT2D eigenvalue weighted by Crippen LogP contribution is -1.85. The summed E-state index contributed by atoms with van der Waals surface area (Å²) in [5.74, 6) is 0. The van der Waals surface area contributed by atoms with Crippen molar-refractivity contribution in [2.24, 2.45) is 0 Å². The smallest absolute Gasteiger partial charge is 0.0991 e. The van der Waals surface area contributed by atoms with E-state index in [1.165, 1.54) is 41.8 Å². The molecule has 2 aromatic heterocycles. The first kappa shape index (κ1) is 27.0. The molecule has 0 fully saturated rings. The Morgan fingerprint density at radius 3 is 1.20 bits per heavy atom. The Balaban J connectivity index is 1.43. The van der Waals surface area contributed by atoms with E-state index in [0.29, 0.717) is 0 Å². The van der Waals surface area contributed by atoms with Gasteiger partial charge in [0.25, 0.3) is 0 Å². The van der Waals surface area contributed by atoms with Gasteiger partial charge < -0.3 is 0 Å². The van der Waals surface area contributed by atoms with E-state index in [1.54, 1.807) is 44.7 Å². The number of hydrogen-bond acceptors (Lipinski definition) is 6. The first-order valence-electron chi connectivity index (χ1n) is 13.4. The van der Waals surface area contributed by atoms with Crippen LogP contribution in [0, 0.1) is 0 Å². The first-order valence-corrected chi connectivity index (χ1v) is 17.1. The molecule has 6 aromatic rings. The van der Waals surface area contributed by atoms with Gasteiger partial charge in [-0.1, -0.05) is 123 Å². The molecule has 0 unspecified atom stereocenters. The molecule has 0 saturated carbocycles. The standard InChI is InChI=1S/C34H28N2S4/c1-3-23-15-19-25(20-16-23)29-33(31(37-35-29)27-11-7-5-8-12-27)39-40-34-30(26-21-17-24(4-2)18-22-26)36-38-32(34)28-13-9-6-10-14-28/h5-22H,3-4H2,1-2H3. The van der Waals surface area contributed by atoms with Gasteiger partial charge in [0.15, 0.2) is 0 Å². The Morgan fingerprint density at radius 2 is 0.850 bits per heavy atom. The largest absolute Gasteiger partial charge is 0.191 e. The summed E-state index contributed by atoms with van der Waals surface area (Å²) < 4.78 is 9.99. The minimum absolute atomic E-state index is 1.03. The maximum atomic E-state index is 4.99. The van der Waals surface area contributed by atoms with Crippen molar-refractivity contribution in [3.63, 3.8) is 0 Å². The number of benzene rings is 4. The Bertz CT molecular complexity index is 1560. The van der Waals surface area contributed by atoms with E-state index in [2.05, 4.69) is 123 Å². The van der Waals surface area contributed by atoms with E-state index < -0.39 is 0 Å². The number of rotatable bonds is 9. The molecule has 0 bridgehead atoms. The third kappa shape index (κ3) is 5.68. The first-order chi connectivity index (χ1) is 19.7. The van der Waals surface area contributed by atoms with Crippen molar-refractivity contribution in [3.05, 3.63) is 120 Å². The second-order valence-corrected chi connectivity index (χ2v) is 13.1. The summed E-state index contributed by atoms with van der Waals surface area (Å²) in [5.41, 5.74) is 9.46. The van der Waals surface area contributed by atoms with E-state index in [4.69, 9.17) is 8.75 Å². The molecule has 2 heterocycles. The third-order valence-corrected chi connectivity index (χ3v) is 11.4. The molecule has 0 radical (unpaired) electrons. The maximum Gasteiger partial charge on any atom is 0.0991 e. The van der Waals surface area contributed by atoms with Crippen LogP contribution in [0.1, 0.15) is 25.0 Å². The van der Waals surface area contributed by atoms with Gasteiger partial charge in [-0.15, -0.1) is 0 Å². The molecule has 0 aliphatic heterocycles. The highest BCUT2D eigenvalue weighted by atomic mass is 33.1. The summed E-state index contributed by atoms with van der Waals surface area (Å²) in [5, 5.41) is 0. The molecule has 0 aliphatic rings. The summed E-state index contributed by atoms with van der Waals surface area (Å²) in [6.07, 6.45) is 2.05. The van der Waals surface area contributed by atoms with Gasteiger partial charge in [-0.3, -0.25) is 0 Å². The Kier molecular flexibility index (Phi) is 8.49. The summed E-state index contributed by atoms with van der Waals surface area (Å²) in [6, 6.07) is 38.9. The molecule has 40 heavy (non-hydrogen) atoms. The highest BCUT2D eigenvalue weighted by Gasteiger charge is 2.22. The second kappa shape index (κ2) is 12.6.